The fourth-order valence-corrected chi connectivity index (χ4v) is 5.44. The number of amides is 1. The quantitative estimate of drug-likeness (QED) is 0.518. The number of piperidine rings is 1. The first kappa shape index (κ1) is 23.2. The third-order valence-electron chi connectivity index (χ3n) is 6.35. The Kier molecular flexibility index (Phi) is 6.61. The fraction of sp³-hybridized carbons (Fsp3) is 0.435. The Labute approximate surface area is 205 Å². The second kappa shape index (κ2) is 9.97. The smallest absolute Gasteiger partial charge is 0.248 e. The Morgan fingerprint density at radius 3 is 2.69 bits per heavy atom. The number of rotatable bonds is 6. The lowest BCUT2D eigenvalue weighted by Crippen LogP contribution is -2.40. The summed E-state index contributed by atoms with van der Waals surface area (Å²) in [5, 5.41) is 19.5. The Balaban J connectivity index is 1.40. The molecule has 1 aromatic carbocycles. The molecule has 12 heteroatoms. The molecular formula is C23H25N7O4S. The predicted molar refractivity (Wildman–Crippen MR) is 127 cm³/mol. The van der Waals surface area contributed by atoms with E-state index in [-0.39, 0.29) is 5.91 Å². The fourth-order valence-electron chi connectivity index (χ4n) is 4.44. The van der Waals surface area contributed by atoms with Crippen LogP contribution in [0, 0.1) is 17.2 Å². The number of aromatic nitrogens is 4. The summed E-state index contributed by atoms with van der Waals surface area (Å²) in [4.78, 5) is 27.4. The van der Waals surface area contributed by atoms with Crippen molar-refractivity contribution in [2.45, 2.75) is 35.9 Å². The number of nitriles is 1. The van der Waals surface area contributed by atoms with E-state index in [0.717, 1.165) is 19.3 Å². The third-order valence-corrected chi connectivity index (χ3v) is 7.41. The zero-order valence-corrected chi connectivity index (χ0v) is 19.8. The van der Waals surface area contributed by atoms with E-state index in [1.807, 2.05) is 10.6 Å². The van der Waals surface area contributed by atoms with Crippen molar-refractivity contribution >= 4 is 34.7 Å². The minimum atomic E-state index is -0.446. The molecule has 0 aliphatic carbocycles. The molecule has 1 amide bonds. The molecule has 0 bridgehead atoms. The maximum absolute atomic E-state index is 11.8. The molecule has 0 spiro atoms. The number of nitrogens with zero attached hydrogens (tertiary/aromatic N) is 6. The van der Waals surface area contributed by atoms with Gasteiger partial charge in [-0.1, -0.05) is 11.8 Å². The van der Waals surface area contributed by atoms with Gasteiger partial charge in [-0.15, -0.1) is 0 Å². The first-order valence-electron chi connectivity index (χ1n) is 11.4. The molecule has 182 valence electrons. The van der Waals surface area contributed by atoms with Gasteiger partial charge in [0.2, 0.25) is 5.91 Å². The summed E-state index contributed by atoms with van der Waals surface area (Å²) in [6, 6.07) is 5.74. The van der Waals surface area contributed by atoms with Gasteiger partial charge < -0.3 is 29.8 Å². The number of nitrogens with two attached hydrogens (primary N) is 1. The number of fused-ring (bicyclic) bond motifs is 2. The van der Waals surface area contributed by atoms with Crippen molar-refractivity contribution in [3.8, 4) is 17.6 Å². The van der Waals surface area contributed by atoms with Gasteiger partial charge in [0.25, 0.3) is 0 Å². The number of anilines is 1. The van der Waals surface area contributed by atoms with Crippen LogP contribution < -0.4 is 15.2 Å². The van der Waals surface area contributed by atoms with E-state index in [1.54, 1.807) is 11.0 Å². The van der Waals surface area contributed by atoms with Crippen molar-refractivity contribution in [2.75, 3.05) is 38.6 Å². The lowest BCUT2D eigenvalue weighted by atomic mass is 9.93. The van der Waals surface area contributed by atoms with Crippen LogP contribution in [-0.2, 0) is 11.3 Å². The molecule has 3 N–H and O–H groups in total. The van der Waals surface area contributed by atoms with Crippen molar-refractivity contribution < 1.29 is 19.4 Å². The lowest BCUT2D eigenvalue weighted by molar-refractivity contribution is -0.135. The van der Waals surface area contributed by atoms with Gasteiger partial charge in [0, 0.05) is 30.6 Å². The Morgan fingerprint density at radius 1 is 1.23 bits per heavy atom. The molecule has 0 saturated carbocycles. The number of ether oxygens (including phenoxy) is 2. The zero-order valence-electron chi connectivity index (χ0n) is 19.0. The molecule has 2 aromatic heterocycles. The molecule has 5 rings (SSSR count). The van der Waals surface area contributed by atoms with Crippen LogP contribution in [0.4, 0.5) is 5.82 Å². The first-order chi connectivity index (χ1) is 17.1. The lowest BCUT2D eigenvalue weighted by Gasteiger charge is -2.31. The van der Waals surface area contributed by atoms with Gasteiger partial charge in [-0.05, 0) is 31.2 Å². The minimum absolute atomic E-state index is 0.220. The van der Waals surface area contributed by atoms with Crippen molar-refractivity contribution in [2.24, 2.45) is 5.92 Å². The highest BCUT2D eigenvalue weighted by Crippen LogP contribution is 2.40. The van der Waals surface area contributed by atoms with Gasteiger partial charge >= 0.3 is 0 Å². The number of aliphatic hydroxyl groups is 1. The van der Waals surface area contributed by atoms with Crippen LogP contribution in [0.1, 0.15) is 24.8 Å². The second-order valence-corrected chi connectivity index (χ2v) is 9.46. The van der Waals surface area contributed by atoms with E-state index >= 15 is 0 Å². The number of benzene rings is 1. The number of aryl methyl sites for hydroxylation is 1. The normalized spacial score (nSPS) is 15.8. The highest BCUT2D eigenvalue weighted by molar-refractivity contribution is 7.99. The number of imidazole rings is 1. The molecule has 1 fully saturated rings. The molecule has 0 unspecified atom stereocenters. The molecule has 11 nitrogen and oxygen atoms in total. The van der Waals surface area contributed by atoms with E-state index in [9.17, 15) is 10.1 Å². The monoisotopic (exact) mass is 495 g/mol. The zero-order chi connectivity index (χ0) is 24.4. The highest BCUT2D eigenvalue weighted by Gasteiger charge is 2.24. The number of hydrogen-bond donors (Lipinski definition) is 2. The number of carbonyl (C=O) groups is 1. The van der Waals surface area contributed by atoms with Crippen LogP contribution in [0.25, 0.3) is 11.2 Å². The number of carbonyl (C=O) groups excluding carboxylic acids is 1. The van der Waals surface area contributed by atoms with Crippen LogP contribution in [0.3, 0.4) is 0 Å². The van der Waals surface area contributed by atoms with Crippen LogP contribution in [0.5, 0.6) is 11.5 Å². The average molecular weight is 496 g/mol. The Morgan fingerprint density at radius 2 is 1.97 bits per heavy atom. The summed E-state index contributed by atoms with van der Waals surface area (Å²) in [6.45, 7) is 2.40. The largest absolute Gasteiger partial charge is 0.486 e. The van der Waals surface area contributed by atoms with Gasteiger partial charge in [-0.2, -0.15) is 5.26 Å². The van der Waals surface area contributed by atoms with E-state index in [1.165, 1.54) is 18.1 Å². The number of aliphatic hydroxyl groups excluding tert-OH is 1. The third kappa shape index (κ3) is 4.69. The van der Waals surface area contributed by atoms with Crippen molar-refractivity contribution in [1.82, 2.24) is 24.4 Å². The standard InChI is InChI=1S/C23H25N7O4S/c24-11-15-9-16-17(34-8-7-33-16)10-18(15)35-23-28-20-21(25)26-13-27-22(20)30(23)6-3-14-1-4-29(5-2-14)19(32)12-31/h9-10,13-14,31H,1-8,12H2,(H2,25,26,27). The molecule has 0 radical (unpaired) electrons. The minimum Gasteiger partial charge on any atom is -0.486 e. The molecule has 35 heavy (non-hydrogen) atoms. The summed E-state index contributed by atoms with van der Waals surface area (Å²) >= 11 is 1.36. The molecule has 0 atom stereocenters. The van der Waals surface area contributed by atoms with E-state index in [4.69, 9.17) is 25.3 Å². The summed E-state index contributed by atoms with van der Waals surface area (Å²) in [7, 11) is 0. The van der Waals surface area contributed by atoms with Gasteiger partial charge in [-0.3, -0.25) is 4.79 Å². The van der Waals surface area contributed by atoms with Gasteiger partial charge in [-0.25, -0.2) is 15.0 Å². The molecule has 1 saturated heterocycles. The highest BCUT2D eigenvalue weighted by atomic mass is 32.2. The molecule has 2 aliphatic heterocycles. The second-order valence-electron chi connectivity index (χ2n) is 8.45. The Bertz CT molecular complexity index is 1300. The maximum atomic E-state index is 11.8. The molecular weight excluding hydrogens is 470 g/mol. The van der Waals surface area contributed by atoms with E-state index in [0.29, 0.717) is 82.9 Å². The number of hydrogen-bond acceptors (Lipinski definition) is 10. The van der Waals surface area contributed by atoms with Crippen molar-refractivity contribution in [3.63, 3.8) is 0 Å². The topological polar surface area (TPSA) is 152 Å². The van der Waals surface area contributed by atoms with Gasteiger partial charge in [0.15, 0.2) is 33.6 Å². The van der Waals surface area contributed by atoms with Gasteiger partial charge in [0.1, 0.15) is 32.2 Å². The predicted octanol–water partition coefficient (Wildman–Crippen LogP) is 1.82. The van der Waals surface area contributed by atoms with Crippen LogP contribution in [0.2, 0.25) is 0 Å². The first-order valence-corrected chi connectivity index (χ1v) is 12.3. The average Bonchev–Trinajstić information content (AvgIpc) is 3.25. The van der Waals surface area contributed by atoms with Crippen LogP contribution in [-0.4, -0.2) is 68.3 Å². The maximum Gasteiger partial charge on any atom is 0.248 e. The summed E-state index contributed by atoms with van der Waals surface area (Å²) < 4.78 is 13.3. The summed E-state index contributed by atoms with van der Waals surface area (Å²) in [6.07, 6.45) is 4.04. The Hall–Kier alpha value is -3.56. The molecule has 2 aliphatic rings. The van der Waals surface area contributed by atoms with Crippen molar-refractivity contribution in [1.29, 1.82) is 5.26 Å². The summed E-state index contributed by atoms with van der Waals surface area (Å²) in [5.74, 6) is 1.67. The molecule has 4 heterocycles. The SMILES string of the molecule is N#Cc1cc2c(cc1Sc1nc3c(N)ncnc3n1CCC1CCN(C(=O)CO)CC1)OCCO2. The van der Waals surface area contributed by atoms with Crippen LogP contribution in [0.15, 0.2) is 28.5 Å². The summed E-state index contributed by atoms with van der Waals surface area (Å²) in [5.41, 5.74) is 7.73. The molecule has 3 aromatic rings. The van der Waals surface area contributed by atoms with Gasteiger partial charge in [0.05, 0.1) is 5.56 Å². The van der Waals surface area contributed by atoms with E-state index < -0.39 is 6.61 Å². The van der Waals surface area contributed by atoms with Crippen LogP contribution >= 0.6 is 11.8 Å². The van der Waals surface area contributed by atoms with Crippen molar-refractivity contribution in [3.05, 3.63) is 24.0 Å². The number of nitrogen functional groups attached to an aromatic ring is 1. The van der Waals surface area contributed by atoms with E-state index in [2.05, 4.69) is 16.0 Å². The number of likely N-dealkylation sites (tertiary alicyclic amines) is 1.